The van der Waals surface area contributed by atoms with Crippen molar-refractivity contribution in [2.24, 2.45) is 0 Å². The molecule has 0 saturated heterocycles. The van der Waals surface area contributed by atoms with Crippen LogP contribution in [-0.4, -0.2) is 31.2 Å². The van der Waals surface area contributed by atoms with Gasteiger partial charge in [0, 0.05) is 24.0 Å². The Morgan fingerprint density at radius 2 is 1.82 bits per heavy atom. The number of methoxy groups -OCH3 is 1. The normalized spacial score (nSPS) is 14.4. The van der Waals surface area contributed by atoms with Crippen molar-refractivity contribution in [1.29, 1.82) is 0 Å². The van der Waals surface area contributed by atoms with Crippen LogP contribution in [0.3, 0.4) is 0 Å². The average Bonchev–Trinajstić information content (AvgIpc) is 3.27. The summed E-state index contributed by atoms with van der Waals surface area (Å²) in [5.74, 6) is -0.631. The van der Waals surface area contributed by atoms with Crippen LogP contribution in [0.1, 0.15) is 36.0 Å². The van der Waals surface area contributed by atoms with Gasteiger partial charge >= 0.3 is 5.97 Å². The van der Waals surface area contributed by atoms with Crippen molar-refractivity contribution in [3.8, 4) is 11.3 Å². The monoisotopic (exact) mass is 378 g/mol. The lowest BCUT2D eigenvalue weighted by atomic mass is 10.0. The van der Waals surface area contributed by atoms with Gasteiger partial charge in [0.15, 0.2) is 0 Å². The molecule has 5 heteroatoms. The second kappa shape index (κ2) is 7.58. The predicted octanol–water partition coefficient (Wildman–Crippen LogP) is 5.21. The van der Waals surface area contributed by atoms with Gasteiger partial charge in [0.2, 0.25) is 0 Å². The number of aromatic nitrogens is 1. The lowest BCUT2D eigenvalue weighted by Gasteiger charge is -2.28. The molecule has 1 heterocycles. The Bertz CT molecular complexity index is 1010. The fraction of sp³-hybridized carbons (Fsp3) is 0.304. The molecule has 1 saturated carbocycles. The van der Waals surface area contributed by atoms with E-state index < -0.39 is 0 Å². The number of hydrogen-bond acceptors (Lipinski definition) is 4. The van der Waals surface area contributed by atoms with Gasteiger partial charge in [-0.1, -0.05) is 12.8 Å². The highest BCUT2D eigenvalue weighted by Crippen LogP contribution is 2.36. The Morgan fingerprint density at radius 1 is 1.11 bits per heavy atom. The number of esters is 1. The van der Waals surface area contributed by atoms with Gasteiger partial charge in [-0.05, 0) is 61.4 Å². The fourth-order valence-electron chi connectivity index (χ4n) is 3.99. The zero-order valence-electron chi connectivity index (χ0n) is 16.1. The highest BCUT2D eigenvalue weighted by molar-refractivity contribution is 5.96. The summed E-state index contributed by atoms with van der Waals surface area (Å²) in [7, 11) is 3.47. The van der Waals surface area contributed by atoms with Crippen molar-refractivity contribution in [3.05, 3.63) is 59.9 Å². The van der Waals surface area contributed by atoms with Gasteiger partial charge in [0.05, 0.1) is 29.6 Å². The SMILES string of the molecule is COC(=O)c1ccc2nc(-c3ccc(F)cc3)c(N(C)C3CCCC3)cc2c1. The smallest absolute Gasteiger partial charge is 0.337 e. The summed E-state index contributed by atoms with van der Waals surface area (Å²) in [6.45, 7) is 0. The predicted molar refractivity (Wildman–Crippen MR) is 109 cm³/mol. The molecule has 0 amide bonds. The van der Waals surface area contributed by atoms with Crippen molar-refractivity contribution in [2.45, 2.75) is 31.7 Å². The molecule has 0 aliphatic heterocycles. The van der Waals surface area contributed by atoms with Crippen LogP contribution in [0.5, 0.6) is 0 Å². The zero-order valence-corrected chi connectivity index (χ0v) is 16.1. The summed E-state index contributed by atoms with van der Waals surface area (Å²) in [6, 6.07) is 14.3. The summed E-state index contributed by atoms with van der Waals surface area (Å²) >= 11 is 0. The maximum atomic E-state index is 13.4. The molecule has 0 bridgehead atoms. The van der Waals surface area contributed by atoms with Crippen LogP contribution in [0.15, 0.2) is 48.5 Å². The number of carbonyl (C=O) groups excluding carboxylic acids is 1. The third-order valence-electron chi connectivity index (χ3n) is 5.59. The number of rotatable bonds is 4. The molecular weight excluding hydrogens is 355 g/mol. The zero-order chi connectivity index (χ0) is 19.7. The van der Waals surface area contributed by atoms with Crippen LogP contribution >= 0.6 is 0 Å². The van der Waals surface area contributed by atoms with Crippen molar-refractivity contribution >= 4 is 22.6 Å². The Kier molecular flexibility index (Phi) is 4.99. The number of hydrogen-bond donors (Lipinski definition) is 0. The number of pyridine rings is 1. The van der Waals surface area contributed by atoms with E-state index in [2.05, 4.69) is 18.0 Å². The van der Waals surface area contributed by atoms with Gasteiger partial charge in [0.1, 0.15) is 5.82 Å². The molecule has 3 aromatic rings. The molecule has 28 heavy (non-hydrogen) atoms. The minimum Gasteiger partial charge on any atom is -0.465 e. The number of fused-ring (bicyclic) bond motifs is 1. The Balaban J connectivity index is 1.88. The molecule has 4 rings (SSSR count). The van der Waals surface area contributed by atoms with Crippen molar-refractivity contribution in [2.75, 3.05) is 19.1 Å². The molecule has 0 atom stereocenters. The Hall–Kier alpha value is -2.95. The summed E-state index contributed by atoms with van der Waals surface area (Å²) in [5, 5.41) is 0.883. The van der Waals surface area contributed by atoms with E-state index in [4.69, 9.17) is 9.72 Å². The third-order valence-corrected chi connectivity index (χ3v) is 5.59. The minimum atomic E-state index is -0.366. The summed E-state index contributed by atoms with van der Waals surface area (Å²) in [5.41, 5.74) is 3.98. The van der Waals surface area contributed by atoms with Gasteiger partial charge < -0.3 is 9.64 Å². The molecular formula is C23H23FN2O2. The van der Waals surface area contributed by atoms with Crippen molar-refractivity contribution in [3.63, 3.8) is 0 Å². The lowest BCUT2D eigenvalue weighted by Crippen LogP contribution is -2.29. The van der Waals surface area contributed by atoms with Gasteiger partial charge in [-0.15, -0.1) is 0 Å². The molecule has 1 fully saturated rings. The summed E-state index contributed by atoms with van der Waals surface area (Å²) < 4.78 is 18.3. The number of nitrogens with zero attached hydrogens (tertiary/aromatic N) is 2. The Labute approximate surface area is 164 Å². The van der Waals surface area contributed by atoms with Crippen LogP contribution in [0.25, 0.3) is 22.2 Å². The lowest BCUT2D eigenvalue weighted by molar-refractivity contribution is 0.0601. The standard InChI is InChI=1S/C23H23FN2O2/c1-26(19-5-3-4-6-19)21-14-17-13-16(23(27)28-2)9-12-20(17)25-22(21)15-7-10-18(24)11-8-15/h7-14,19H,3-6H2,1-2H3. The quantitative estimate of drug-likeness (QED) is 0.585. The van der Waals surface area contributed by atoms with Gasteiger partial charge in [-0.3, -0.25) is 0 Å². The largest absolute Gasteiger partial charge is 0.465 e. The molecule has 0 unspecified atom stereocenters. The van der Waals surface area contributed by atoms with Crippen LogP contribution in [0.4, 0.5) is 10.1 Å². The van der Waals surface area contributed by atoms with Gasteiger partial charge in [0.25, 0.3) is 0 Å². The van der Waals surface area contributed by atoms with Gasteiger partial charge in [-0.2, -0.15) is 0 Å². The summed E-state index contributed by atoms with van der Waals surface area (Å²) in [4.78, 5) is 19.1. The number of ether oxygens (including phenoxy) is 1. The highest BCUT2D eigenvalue weighted by Gasteiger charge is 2.23. The van der Waals surface area contributed by atoms with E-state index in [-0.39, 0.29) is 11.8 Å². The van der Waals surface area contributed by atoms with Crippen LogP contribution in [0.2, 0.25) is 0 Å². The van der Waals surface area contributed by atoms with Gasteiger partial charge in [-0.25, -0.2) is 14.2 Å². The van der Waals surface area contributed by atoms with E-state index in [9.17, 15) is 9.18 Å². The van der Waals surface area contributed by atoms with Crippen LogP contribution in [0, 0.1) is 5.82 Å². The fourth-order valence-corrected chi connectivity index (χ4v) is 3.99. The summed E-state index contributed by atoms with van der Waals surface area (Å²) in [6.07, 6.45) is 4.77. The molecule has 0 N–H and O–H groups in total. The molecule has 0 spiro atoms. The topological polar surface area (TPSA) is 42.4 Å². The van der Waals surface area contributed by atoms with Crippen molar-refractivity contribution < 1.29 is 13.9 Å². The first-order valence-corrected chi connectivity index (χ1v) is 9.58. The van der Waals surface area contributed by atoms with E-state index >= 15 is 0 Å². The molecule has 4 nitrogen and oxygen atoms in total. The van der Waals surface area contributed by atoms with E-state index in [1.165, 1.54) is 32.1 Å². The molecule has 1 aromatic heterocycles. The second-order valence-electron chi connectivity index (χ2n) is 7.31. The van der Waals surface area contributed by atoms with E-state index in [1.54, 1.807) is 18.2 Å². The Morgan fingerprint density at radius 3 is 2.50 bits per heavy atom. The van der Waals surface area contributed by atoms with E-state index in [0.29, 0.717) is 11.6 Å². The number of carbonyl (C=O) groups is 1. The molecule has 1 aliphatic carbocycles. The number of benzene rings is 2. The van der Waals surface area contributed by atoms with Crippen LogP contribution in [-0.2, 0) is 4.74 Å². The molecule has 1 aliphatic rings. The molecule has 144 valence electrons. The first kappa shape index (κ1) is 18.4. The maximum Gasteiger partial charge on any atom is 0.337 e. The van der Waals surface area contributed by atoms with E-state index in [1.807, 2.05) is 12.1 Å². The highest BCUT2D eigenvalue weighted by atomic mass is 19.1. The third kappa shape index (κ3) is 3.44. The second-order valence-corrected chi connectivity index (χ2v) is 7.31. The number of halogens is 1. The average molecular weight is 378 g/mol. The number of anilines is 1. The first-order chi connectivity index (χ1) is 13.6. The molecule has 0 radical (unpaired) electrons. The maximum absolute atomic E-state index is 13.4. The molecule has 2 aromatic carbocycles. The minimum absolute atomic E-state index is 0.266. The first-order valence-electron chi connectivity index (χ1n) is 9.58. The van der Waals surface area contributed by atoms with E-state index in [0.717, 1.165) is 40.7 Å². The van der Waals surface area contributed by atoms with Crippen molar-refractivity contribution in [1.82, 2.24) is 4.98 Å². The van der Waals surface area contributed by atoms with Crippen LogP contribution < -0.4 is 4.90 Å².